The first-order valence-corrected chi connectivity index (χ1v) is 3.92. The minimum absolute atomic E-state index is 0.0111. The Hall–Kier alpha value is -1.54. The number of rotatable bonds is 1. The molecule has 13 heavy (non-hydrogen) atoms. The number of aromatic amines is 1. The van der Waals surface area contributed by atoms with Crippen molar-refractivity contribution in [1.82, 2.24) is 15.4 Å². The van der Waals surface area contributed by atoms with Gasteiger partial charge in [-0.25, -0.2) is 10.5 Å². The summed E-state index contributed by atoms with van der Waals surface area (Å²) in [7, 11) is 0. The standard InChI is InChI=1S/C5H6N4O3S/c6-2-1-3(10)8-4(7-2)13-5(11)9-12/h1,12H,(H,9,11)(H3,6,7,8,10). The molecule has 0 fully saturated rings. The third-order valence-corrected chi connectivity index (χ3v) is 1.68. The molecule has 1 amide bonds. The summed E-state index contributed by atoms with van der Waals surface area (Å²) in [5.74, 6) is 0.0111. The highest BCUT2D eigenvalue weighted by molar-refractivity contribution is 8.13. The first-order valence-electron chi connectivity index (χ1n) is 3.10. The van der Waals surface area contributed by atoms with E-state index in [9.17, 15) is 9.59 Å². The van der Waals surface area contributed by atoms with Gasteiger partial charge in [-0.05, 0) is 0 Å². The number of hydrogen-bond donors (Lipinski definition) is 4. The largest absolute Gasteiger partial charge is 0.383 e. The van der Waals surface area contributed by atoms with E-state index in [0.29, 0.717) is 11.8 Å². The van der Waals surface area contributed by atoms with E-state index in [2.05, 4.69) is 9.97 Å². The van der Waals surface area contributed by atoms with E-state index < -0.39 is 10.8 Å². The van der Waals surface area contributed by atoms with Gasteiger partial charge in [-0.15, -0.1) is 0 Å². The summed E-state index contributed by atoms with van der Waals surface area (Å²) in [5.41, 5.74) is 6.15. The molecule has 1 rings (SSSR count). The number of nitrogens with two attached hydrogens (primary N) is 1. The van der Waals surface area contributed by atoms with E-state index in [-0.39, 0.29) is 11.0 Å². The molecule has 70 valence electrons. The predicted octanol–water partition coefficient (Wildman–Crippen LogP) is -0.457. The molecule has 0 radical (unpaired) electrons. The molecule has 0 unspecified atom stereocenters. The van der Waals surface area contributed by atoms with Crippen LogP contribution in [-0.4, -0.2) is 20.4 Å². The molecule has 0 bridgehead atoms. The van der Waals surface area contributed by atoms with Crippen LogP contribution in [0.4, 0.5) is 10.6 Å². The maximum Gasteiger partial charge on any atom is 0.310 e. The van der Waals surface area contributed by atoms with Crippen LogP contribution in [0.25, 0.3) is 0 Å². The number of carbonyl (C=O) groups excluding carboxylic acids is 1. The van der Waals surface area contributed by atoms with E-state index in [4.69, 9.17) is 10.9 Å². The number of carbonyl (C=O) groups is 1. The molecular formula is C5H6N4O3S. The van der Waals surface area contributed by atoms with Crippen molar-refractivity contribution in [2.45, 2.75) is 5.16 Å². The second-order valence-electron chi connectivity index (χ2n) is 1.98. The van der Waals surface area contributed by atoms with Crippen molar-refractivity contribution in [1.29, 1.82) is 0 Å². The number of thioether (sulfide) groups is 1. The summed E-state index contributed by atoms with van der Waals surface area (Å²) in [6, 6.07) is 1.08. The third kappa shape index (κ3) is 2.76. The van der Waals surface area contributed by atoms with Gasteiger partial charge in [0.15, 0.2) is 5.16 Å². The van der Waals surface area contributed by atoms with Gasteiger partial charge in [0, 0.05) is 17.8 Å². The normalized spacial score (nSPS) is 9.62. The molecule has 0 aliphatic heterocycles. The van der Waals surface area contributed by atoms with Crippen LogP contribution in [0.1, 0.15) is 0 Å². The zero-order valence-electron chi connectivity index (χ0n) is 6.27. The van der Waals surface area contributed by atoms with Gasteiger partial charge in [0.2, 0.25) is 0 Å². The highest BCUT2D eigenvalue weighted by Crippen LogP contribution is 2.11. The number of hydrogen-bond acceptors (Lipinski definition) is 6. The molecule has 0 saturated heterocycles. The second kappa shape index (κ2) is 3.92. The maximum atomic E-state index is 10.8. The molecule has 0 aromatic carbocycles. The molecule has 1 aromatic heterocycles. The number of aromatic nitrogens is 2. The minimum atomic E-state index is -0.756. The van der Waals surface area contributed by atoms with Gasteiger partial charge < -0.3 is 10.7 Å². The summed E-state index contributed by atoms with van der Waals surface area (Å²) in [5, 5.41) is 7.43. The van der Waals surface area contributed by atoms with Crippen molar-refractivity contribution < 1.29 is 10.0 Å². The zero-order chi connectivity index (χ0) is 9.84. The van der Waals surface area contributed by atoms with Crippen molar-refractivity contribution in [3.05, 3.63) is 16.4 Å². The molecule has 1 aromatic rings. The average Bonchev–Trinajstić information content (AvgIpc) is 2.02. The van der Waals surface area contributed by atoms with Crippen LogP contribution in [0, 0.1) is 0 Å². The summed E-state index contributed by atoms with van der Waals surface area (Å²) in [6.45, 7) is 0. The van der Waals surface area contributed by atoms with E-state index in [0.717, 1.165) is 6.07 Å². The maximum absolute atomic E-state index is 10.8. The van der Waals surface area contributed by atoms with Crippen molar-refractivity contribution in [3.8, 4) is 0 Å². The third-order valence-electron chi connectivity index (χ3n) is 1.02. The SMILES string of the molecule is Nc1cc(=O)[nH]c(SC(=O)NO)n1. The molecule has 7 nitrogen and oxygen atoms in total. The van der Waals surface area contributed by atoms with Crippen LogP contribution in [0.5, 0.6) is 0 Å². The highest BCUT2D eigenvalue weighted by atomic mass is 32.2. The van der Waals surface area contributed by atoms with Crippen LogP contribution in [0.3, 0.4) is 0 Å². The highest BCUT2D eigenvalue weighted by Gasteiger charge is 2.05. The van der Waals surface area contributed by atoms with Crippen LogP contribution < -0.4 is 16.8 Å². The molecule has 0 spiro atoms. The molecule has 0 aliphatic rings. The van der Waals surface area contributed by atoms with Gasteiger partial charge in [0.05, 0.1) is 0 Å². The van der Waals surface area contributed by atoms with Gasteiger partial charge in [0.1, 0.15) is 5.82 Å². The fraction of sp³-hybridized carbons (Fsp3) is 0. The van der Waals surface area contributed by atoms with E-state index >= 15 is 0 Å². The lowest BCUT2D eigenvalue weighted by Crippen LogP contribution is -2.15. The van der Waals surface area contributed by atoms with Gasteiger partial charge in [0.25, 0.3) is 5.56 Å². The summed E-state index contributed by atoms with van der Waals surface area (Å²) < 4.78 is 0. The first-order chi connectivity index (χ1) is 6.11. The van der Waals surface area contributed by atoms with E-state index in [1.807, 2.05) is 0 Å². The topological polar surface area (TPSA) is 121 Å². The number of nitrogens with one attached hydrogen (secondary N) is 2. The van der Waals surface area contributed by atoms with Crippen molar-refractivity contribution in [2.75, 3.05) is 5.73 Å². The van der Waals surface area contributed by atoms with Crippen molar-refractivity contribution in [3.63, 3.8) is 0 Å². The smallest absolute Gasteiger partial charge is 0.310 e. The Kier molecular flexibility index (Phi) is 2.88. The molecule has 0 atom stereocenters. The lowest BCUT2D eigenvalue weighted by Gasteiger charge is -1.98. The van der Waals surface area contributed by atoms with Gasteiger partial charge >= 0.3 is 5.24 Å². The van der Waals surface area contributed by atoms with Gasteiger partial charge in [-0.1, -0.05) is 0 Å². The van der Waals surface area contributed by atoms with Crippen LogP contribution in [0.15, 0.2) is 16.0 Å². The number of H-pyrrole nitrogens is 1. The summed E-state index contributed by atoms with van der Waals surface area (Å²) in [4.78, 5) is 27.3. The Labute approximate surface area is 76.3 Å². The Morgan fingerprint density at radius 3 is 3.00 bits per heavy atom. The Morgan fingerprint density at radius 2 is 2.46 bits per heavy atom. The second-order valence-corrected chi connectivity index (χ2v) is 2.94. The average molecular weight is 202 g/mol. The fourth-order valence-corrected chi connectivity index (χ4v) is 1.14. The molecule has 1 heterocycles. The lowest BCUT2D eigenvalue weighted by atomic mass is 10.6. The van der Waals surface area contributed by atoms with Crippen LogP contribution in [-0.2, 0) is 0 Å². The predicted molar refractivity (Wildman–Crippen MR) is 45.4 cm³/mol. The fourth-order valence-electron chi connectivity index (χ4n) is 0.612. The van der Waals surface area contributed by atoms with Gasteiger partial charge in [-0.2, -0.15) is 0 Å². The van der Waals surface area contributed by atoms with Crippen LogP contribution >= 0.6 is 11.8 Å². The molecular weight excluding hydrogens is 196 g/mol. The number of hydroxylamine groups is 1. The molecule has 0 saturated carbocycles. The Balaban J connectivity index is 2.89. The molecule has 8 heteroatoms. The van der Waals surface area contributed by atoms with E-state index in [1.54, 1.807) is 0 Å². The molecule has 5 N–H and O–H groups in total. The number of anilines is 1. The number of nitrogens with zero attached hydrogens (tertiary/aromatic N) is 1. The quantitative estimate of drug-likeness (QED) is 0.212. The minimum Gasteiger partial charge on any atom is -0.383 e. The molecule has 0 aliphatic carbocycles. The lowest BCUT2D eigenvalue weighted by molar-refractivity contribution is 0.180. The number of amides is 1. The van der Waals surface area contributed by atoms with E-state index in [1.165, 1.54) is 5.48 Å². The Morgan fingerprint density at radius 1 is 1.77 bits per heavy atom. The number of nitrogen functional groups attached to an aromatic ring is 1. The monoisotopic (exact) mass is 202 g/mol. The zero-order valence-corrected chi connectivity index (χ0v) is 7.09. The Bertz CT molecular complexity index is 376. The summed E-state index contributed by atoms with van der Waals surface area (Å²) in [6.07, 6.45) is 0. The van der Waals surface area contributed by atoms with Crippen molar-refractivity contribution >= 4 is 22.8 Å². The van der Waals surface area contributed by atoms with Crippen LogP contribution in [0.2, 0.25) is 0 Å². The first kappa shape index (κ1) is 9.55. The summed E-state index contributed by atoms with van der Waals surface area (Å²) >= 11 is 0.525. The van der Waals surface area contributed by atoms with Gasteiger partial charge in [-0.3, -0.25) is 14.8 Å². The van der Waals surface area contributed by atoms with Crippen molar-refractivity contribution in [2.24, 2.45) is 0 Å².